The molecule has 116 valence electrons. The molecule has 1 heterocycles. The third-order valence-electron chi connectivity index (χ3n) is 2.88. The van der Waals surface area contributed by atoms with Gasteiger partial charge in [0.05, 0.1) is 11.5 Å². The number of nitrogens with one attached hydrogen (secondary N) is 1. The normalized spacial score (nSPS) is 10.2. The molecule has 0 bridgehead atoms. The summed E-state index contributed by atoms with van der Waals surface area (Å²) >= 11 is 1.45. The summed E-state index contributed by atoms with van der Waals surface area (Å²) in [7, 11) is 0. The molecule has 22 heavy (non-hydrogen) atoms. The second-order valence-corrected chi connectivity index (χ2v) is 6.02. The maximum absolute atomic E-state index is 12.0. The summed E-state index contributed by atoms with van der Waals surface area (Å²) in [6.45, 7) is 2.31. The largest absolute Gasteiger partial charge is 0.494 e. The zero-order chi connectivity index (χ0) is 15.9. The van der Waals surface area contributed by atoms with Crippen LogP contribution in [0.15, 0.2) is 36.4 Å². The van der Waals surface area contributed by atoms with Crippen molar-refractivity contribution >= 4 is 28.9 Å². The van der Waals surface area contributed by atoms with Crippen molar-refractivity contribution in [2.24, 2.45) is 0 Å². The first kappa shape index (κ1) is 16.0. The molecule has 5 nitrogen and oxygen atoms in total. The number of ether oxygens (including phenoxy) is 1. The van der Waals surface area contributed by atoms with Crippen molar-refractivity contribution in [2.75, 3.05) is 11.9 Å². The van der Waals surface area contributed by atoms with Gasteiger partial charge in [-0.1, -0.05) is 0 Å². The van der Waals surface area contributed by atoms with Crippen LogP contribution in [0.2, 0.25) is 0 Å². The summed E-state index contributed by atoms with van der Waals surface area (Å²) in [6.07, 6.45) is 0.555. The molecule has 2 N–H and O–H groups in total. The van der Waals surface area contributed by atoms with E-state index in [1.807, 2.05) is 13.0 Å². The zero-order valence-electron chi connectivity index (χ0n) is 12.2. The van der Waals surface area contributed by atoms with Crippen LogP contribution in [-0.4, -0.2) is 23.6 Å². The van der Waals surface area contributed by atoms with E-state index in [4.69, 9.17) is 9.84 Å². The minimum atomic E-state index is -0.828. The highest BCUT2D eigenvalue weighted by atomic mass is 32.1. The van der Waals surface area contributed by atoms with Gasteiger partial charge in [0.2, 0.25) is 0 Å². The number of carboxylic acid groups (broad SMARTS) is 1. The van der Waals surface area contributed by atoms with Gasteiger partial charge in [0.15, 0.2) is 0 Å². The first-order chi connectivity index (χ1) is 10.5. The summed E-state index contributed by atoms with van der Waals surface area (Å²) in [5.74, 6) is -0.311. The molecule has 0 saturated heterocycles. The maximum atomic E-state index is 12.0. The molecule has 0 aliphatic rings. The molecule has 0 fully saturated rings. The molecule has 1 amide bonds. The number of benzene rings is 1. The number of aliphatic carboxylic acids is 1. The number of anilines is 1. The molecular formula is C16H17NO4S. The lowest BCUT2D eigenvalue weighted by Crippen LogP contribution is -2.09. The highest BCUT2D eigenvalue weighted by molar-refractivity contribution is 7.14. The standard InChI is InChI=1S/C16H17NO4S/c1-11-4-9-14(22-11)16(20)17-12-5-7-13(8-6-12)21-10-2-3-15(18)19/h4-9H,2-3,10H2,1H3,(H,17,20)(H,18,19). The van der Waals surface area contributed by atoms with Gasteiger partial charge in [-0.3, -0.25) is 9.59 Å². The summed E-state index contributed by atoms with van der Waals surface area (Å²) in [5, 5.41) is 11.4. The highest BCUT2D eigenvalue weighted by Crippen LogP contribution is 2.19. The van der Waals surface area contributed by atoms with Crippen LogP contribution in [-0.2, 0) is 4.79 Å². The SMILES string of the molecule is Cc1ccc(C(=O)Nc2ccc(OCCCC(=O)O)cc2)s1. The Bertz CT molecular complexity index is 648. The minimum absolute atomic E-state index is 0.0916. The number of amides is 1. The highest BCUT2D eigenvalue weighted by Gasteiger charge is 2.08. The van der Waals surface area contributed by atoms with Crippen molar-refractivity contribution in [3.05, 3.63) is 46.2 Å². The molecule has 0 atom stereocenters. The number of carbonyl (C=O) groups excluding carboxylic acids is 1. The van der Waals surface area contributed by atoms with Gasteiger partial charge in [-0.05, 0) is 49.7 Å². The average molecular weight is 319 g/mol. The first-order valence-electron chi connectivity index (χ1n) is 6.87. The Balaban J connectivity index is 1.84. The monoisotopic (exact) mass is 319 g/mol. The molecule has 0 spiro atoms. The Labute approximate surface area is 132 Å². The Hall–Kier alpha value is -2.34. The topological polar surface area (TPSA) is 75.6 Å². The Morgan fingerprint density at radius 2 is 1.91 bits per heavy atom. The van der Waals surface area contributed by atoms with Crippen molar-refractivity contribution in [3.63, 3.8) is 0 Å². The number of hydrogen-bond acceptors (Lipinski definition) is 4. The van der Waals surface area contributed by atoms with Crippen molar-refractivity contribution in [2.45, 2.75) is 19.8 Å². The lowest BCUT2D eigenvalue weighted by Gasteiger charge is -2.07. The third-order valence-corrected chi connectivity index (χ3v) is 3.88. The van der Waals surface area contributed by atoms with Crippen LogP contribution in [0.1, 0.15) is 27.4 Å². The fourth-order valence-electron chi connectivity index (χ4n) is 1.80. The van der Waals surface area contributed by atoms with Gasteiger partial charge in [-0.2, -0.15) is 0 Å². The molecular weight excluding hydrogens is 302 g/mol. The summed E-state index contributed by atoms with van der Waals surface area (Å²) in [6, 6.07) is 10.7. The fraction of sp³-hybridized carbons (Fsp3) is 0.250. The molecule has 2 rings (SSSR count). The van der Waals surface area contributed by atoms with E-state index in [1.165, 1.54) is 11.3 Å². The van der Waals surface area contributed by atoms with E-state index in [9.17, 15) is 9.59 Å². The predicted molar refractivity (Wildman–Crippen MR) is 85.8 cm³/mol. The van der Waals surface area contributed by atoms with E-state index in [0.29, 0.717) is 29.3 Å². The van der Waals surface area contributed by atoms with Crippen LogP contribution in [0, 0.1) is 6.92 Å². The number of carbonyl (C=O) groups is 2. The van der Waals surface area contributed by atoms with E-state index in [1.54, 1.807) is 30.3 Å². The number of carboxylic acids is 1. The van der Waals surface area contributed by atoms with Crippen molar-refractivity contribution in [1.29, 1.82) is 0 Å². The molecule has 0 aliphatic heterocycles. The van der Waals surface area contributed by atoms with Crippen molar-refractivity contribution < 1.29 is 19.4 Å². The van der Waals surface area contributed by atoms with E-state index in [0.717, 1.165) is 4.88 Å². The van der Waals surface area contributed by atoms with Gasteiger partial charge in [-0.15, -0.1) is 11.3 Å². The van der Waals surface area contributed by atoms with Crippen molar-refractivity contribution in [3.8, 4) is 5.75 Å². The first-order valence-corrected chi connectivity index (χ1v) is 7.69. The van der Waals surface area contributed by atoms with Crippen LogP contribution in [0.5, 0.6) is 5.75 Å². The zero-order valence-corrected chi connectivity index (χ0v) is 13.0. The molecule has 1 aromatic heterocycles. The fourth-order valence-corrected chi connectivity index (χ4v) is 2.56. The van der Waals surface area contributed by atoms with Crippen LogP contribution in [0.25, 0.3) is 0 Å². The van der Waals surface area contributed by atoms with Gasteiger partial charge in [0.1, 0.15) is 5.75 Å². The Morgan fingerprint density at radius 1 is 1.18 bits per heavy atom. The molecule has 0 radical (unpaired) electrons. The Kier molecular flexibility index (Phi) is 5.55. The quantitative estimate of drug-likeness (QED) is 0.765. The van der Waals surface area contributed by atoms with Gasteiger partial charge >= 0.3 is 5.97 Å². The van der Waals surface area contributed by atoms with E-state index in [-0.39, 0.29) is 12.3 Å². The summed E-state index contributed by atoms with van der Waals surface area (Å²) in [4.78, 5) is 24.1. The number of hydrogen-bond donors (Lipinski definition) is 2. The molecule has 6 heteroatoms. The van der Waals surface area contributed by atoms with Crippen LogP contribution in [0.3, 0.4) is 0 Å². The van der Waals surface area contributed by atoms with E-state index < -0.39 is 5.97 Å². The molecule has 0 unspecified atom stereocenters. The number of thiophene rings is 1. The maximum Gasteiger partial charge on any atom is 0.303 e. The van der Waals surface area contributed by atoms with E-state index >= 15 is 0 Å². The Morgan fingerprint density at radius 3 is 2.50 bits per heavy atom. The smallest absolute Gasteiger partial charge is 0.303 e. The van der Waals surface area contributed by atoms with Gasteiger partial charge in [0, 0.05) is 17.0 Å². The van der Waals surface area contributed by atoms with E-state index in [2.05, 4.69) is 5.32 Å². The van der Waals surface area contributed by atoms with Crippen molar-refractivity contribution in [1.82, 2.24) is 0 Å². The van der Waals surface area contributed by atoms with Gasteiger partial charge in [0.25, 0.3) is 5.91 Å². The lowest BCUT2D eigenvalue weighted by molar-refractivity contribution is -0.137. The molecule has 0 aliphatic carbocycles. The summed E-state index contributed by atoms with van der Waals surface area (Å²) < 4.78 is 5.43. The molecule has 0 saturated carbocycles. The summed E-state index contributed by atoms with van der Waals surface area (Å²) in [5.41, 5.74) is 0.689. The lowest BCUT2D eigenvalue weighted by atomic mass is 10.3. The van der Waals surface area contributed by atoms with Gasteiger partial charge < -0.3 is 15.2 Å². The molecule has 2 aromatic rings. The number of aryl methyl sites for hydroxylation is 1. The van der Waals surface area contributed by atoms with Crippen LogP contribution >= 0.6 is 11.3 Å². The number of rotatable bonds is 7. The second kappa shape index (κ2) is 7.61. The second-order valence-electron chi connectivity index (χ2n) is 4.73. The predicted octanol–water partition coefficient (Wildman–Crippen LogP) is 3.55. The van der Waals surface area contributed by atoms with Gasteiger partial charge in [-0.25, -0.2) is 0 Å². The average Bonchev–Trinajstić information content (AvgIpc) is 2.92. The minimum Gasteiger partial charge on any atom is -0.494 e. The third kappa shape index (κ3) is 4.89. The van der Waals surface area contributed by atoms with Crippen LogP contribution in [0.4, 0.5) is 5.69 Å². The molecule has 1 aromatic carbocycles. The van der Waals surface area contributed by atoms with Crippen LogP contribution < -0.4 is 10.1 Å².